The molecule has 1 aromatic rings. The van der Waals surface area contributed by atoms with E-state index in [0.29, 0.717) is 24.1 Å². The molecule has 0 saturated heterocycles. The van der Waals surface area contributed by atoms with Crippen molar-refractivity contribution in [1.29, 1.82) is 0 Å². The van der Waals surface area contributed by atoms with Gasteiger partial charge in [-0.15, -0.1) is 0 Å². The summed E-state index contributed by atoms with van der Waals surface area (Å²) in [7, 11) is -3.91. The average molecular weight is 287 g/mol. The Morgan fingerprint density at radius 2 is 1.89 bits per heavy atom. The zero-order chi connectivity index (χ0) is 14.6. The highest BCUT2D eigenvalue weighted by molar-refractivity contribution is 7.89. The van der Waals surface area contributed by atoms with Crippen LogP contribution < -0.4 is 10.5 Å². The SMILES string of the molecule is Cc1ccc(C)c(S(=O)(=O)NCCCN)c1[N+](=O)[O-]. The van der Waals surface area contributed by atoms with E-state index in [2.05, 4.69) is 4.72 Å². The van der Waals surface area contributed by atoms with E-state index in [1.165, 1.54) is 19.9 Å². The van der Waals surface area contributed by atoms with Gasteiger partial charge >= 0.3 is 0 Å². The van der Waals surface area contributed by atoms with Crippen LogP contribution in [0.15, 0.2) is 17.0 Å². The first-order valence-electron chi connectivity index (χ1n) is 5.75. The Morgan fingerprint density at radius 3 is 2.42 bits per heavy atom. The second-order valence-corrected chi connectivity index (χ2v) is 5.88. The molecule has 7 nitrogen and oxygen atoms in total. The molecular weight excluding hydrogens is 270 g/mol. The van der Waals surface area contributed by atoms with Crippen molar-refractivity contribution in [2.24, 2.45) is 5.73 Å². The molecule has 0 fully saturated rings. The highest BCUT2D eigenvalue weighted by Crippen LogP contribution is 2.30. The number of aryl methyl sites for hydroxylation is 2. The Balaban J connectivity index is 3.33. The molecule has 3 N–H and O–H groups in total. The van der Waals surface area contributed by atoms with Crippen molar-refractivity contribution in [2.75, 3.05) is 13.1 Å². The Labute approximate surface area is 112 Å². The number of hydrogen-bond acceptors (Lipinski definition) is 5. The lowest BCUT2D eigenvalue weighted by molar-refractivity contribution is -0.388. The number of rotatable bonds is 6. The largest absolute Gasteiger partial charge is 0.330 e. The van der Waals surface area contributed by atoms with E-state index in [0.717, 1.165) is 0 Å². The Bertz CT molecular complexity index is 584. The highest BCUT2D eigenvalue weighted by atomic mass is 32.2. The summed E-state index contributed by atoms with van der Waals surface area (Å²) in [4.78, 5) is 10.1. The van der Waals surface area contributed by atoms with E-state index >= 15 is 0 Å². The van der Waals surface area contributed by atoms with E-state index in [1.807, 2.05) is 0 Å². The van der Waals surface area contributed by atoms with Gasteiger partial charge in [0.15, 0.2) is 4.90 Å². The lowest BCUT2D eigenvalue weighted by atomic mass is 10.1. The van der Waals surface area contributed by atoms with Gasteiger partial charge in [0, 0.05) is 12.1 Å². The summed E-state index contributed by atoms with van der Waals surface area (Å²) < 4.78 is 26.6. The number of benzene rings is 1. The fraction of sp³-hybridized carbons (Fsp3) is 0.455. The monoisotopic (exact) mass is 287 g/mol. The number of nitrogens with one attached hydrogen (secondary N) is 1. The molecule has 0 aliphatic rings. The fourth-order valence-corrected chi connectivity index (χ4v) is 3.26. The maximum Gasteiger partial charge on any atom is 0.292 e. The van der Waals surface area contributed by atoms with Gasteiger partial charge in [0.05, 0.1) is 4.92 Å². The van der Waals surface area contributed by atoms with Crippen LogP contribution in [-0.2, 0) is 10.0 Å². The van der Waals surface area contributed by atoms with Crippen LogP contribution in [0.25, 0.3) is 0 Å². The second-order valence-electron chi connectivity index (χ2n) is 4.17. The van der Waals surface area contributed by atoms with Crippen molar-refractivity contribution in [2.45, 2.75) is 25.2 Å². The van der Waals surface area contributed by atoms with Gasteiger partial charge in [-0.1, -0.05) is 12.1 Å². The predicted molar refractivity (Wildman–Crippen MR) is 71.4 cm³/mol. The molecule has 1 rings (SSSR count). The zero-order valence-electron chi connectivity index (χ0n) is 10.8. The summed E-state index contributed by atoms with van der Waals surface area (Å²) in [5, 5.41) is 11.1. The molecule has 0 aliphatic heterocycles. The quantitative estimate of drug-likeness (QED) is 0.457. The van der Waals surface area contributed by atoms with E-state index in [-0.39, 0.29) is 17.1 Å². The molecule has 0 heterocycles. The highest BCUT2D eigenvalue weighted by Gasteiger charge is 2.29. The van der Waals surface area contributed by atoms with Gasteiger partial charge in [-0.2, -0.15) is 0 Å². The van der Waals surface area contributed by atoms with Gasteiger partial charge in [0.25, 0.3) is 5.69 Å². The summed E-state index contributed by atoms with van der Waals surface area (Å²) in [5.74, 6) is 0. The van der Waals surface area contributed by atoms with Gasteiger partial charge < -0.3 is 5.73 Å². The molecule has 106 valence electrons. The predicted octanol–water partition coefficient (Wildman–Crippen LogP) is 0.839. The maximum absolute atomic E-state index is 12.1. The van der Waals surface area contributed by atoms with Crippen LogP contribution in [-0.4, -0.2) is 26.4 Å². The lowest BCUT2D eigenvalue weighted by Crippen LogP contribution is -2.27. The summed E-state index contributed by atoms with van der Waals surface area (Å²) in [5.41, 5.74) is 5.57. The van der Waals surface area contributed by atoms with Crippen LogP contribution in [0.2, 0.25) is 0 Å². The van der Waals surface area contributed by atoms with Crippen molar-refractivity contribution in [3.63, 3.8) is 0 Å². The van der Waals surface area contributed by atoms with Crippen molar-refractivity contribution in [3.05, 3.63) is 33.4 Å². The van der Waals surface area contributed by atoms with Gasteiger partial charge in [0.2, 0.25) is 10.0 Å². The Morgan fingerprint density at radius 1 is 1.32 bits per heavy atom. The maximum atomic E-state index is 12.1. The molecule has 0 bridgehead atoms. The van der Waals surface area contributed by atoms with Crippen LogP contribution in [0.1, 0.15) is 17.5 Å². The van der Waals surface area contributed by atoms with Gasteiger partial charge in [-0.25, -0.2) is 13.1 Å². The molecule has 8 heteroatoms. The number of nitrogens with two attached hydrogens (primary N) is 1. The van der Waals surface area contributed by atoms with Crippen molar-refractivity contribution in [3.8, 4) is 0 Å². The summed E-state index contributed by atoms with van der Waals surface area (Å²) in [6.45, 7) is 3.54. The topological polar surface area (TPSA) is 115 Å². The van der Waals surface area contributed by atoms with E-state index in [1.54, 1.807) is 6.07 Å². The molecule has 0 spiro atoms. The minimum atomic E-state index is -3.91. The minimum absolute atomic E-state index is 0.156. The van der Waals surface area contributed by atoms with E-state index in [4.69, 9.17) is 5.73 Å². The van der Waals surface area contributed by atoms with Gasteiger partial charge in [-0.05, 0) is 32.4 Å². The lowest BCUT2D eigenvalue weighted by Gasteiger charge is -2.10. The standard InChI is InChI=1S/C11H17N3O4S/c1-8-4-5-9(2)11(10(8)14(15)16)19(17,18)13-7-3-6-12/h4-5,13H,3,6-7,12H2,1-2H3. The van der Waals surface area contributed by atoms with Crippen LogP contribution >= 0.6 is 0 Å². The molecule has 0 aromatic heterocycles. The Kier molecular flexibility index (Phi) is 4.98. The van der Waals surface area contributed by atoms with Crippen molar-refractivity contribution >= 4 is 15.7 Å². The third-order valence-electron chi connectivity index (χ3n) is 2.65. The number of nitro benzene ring substituents is 1. The van der Waals surface area contributed by atoms with Gasteiger partial charge in [0.1, 0.15) is 0 Å². The first-order chi connectivity index (χ1) is 8.81. The van der Waals surface area contributed by atoms with Crippen LogP contribution in [0.3, 0.4) is 0 Å². The number of hydrogen-bond donors (Lipinski definition) is 2. The van der Waals surface area contributed by atoms with E-state index in [9.17, 15) is 18.5 Å². The summed E-state index contributed by atoms with van der Waals surface area (Å²) in [6.07, 6.45) is 0.470. The van der Waals surface area contributed by atoms with Crippen LogP contribution in [0, 0.1) is 24.0 Å². The summed E-state index contributed by atoms with van der Waals surface area (Å²) in [6, 6.07) is 3.09. The number of nitrogens with zero attached hydrogens (tertiary/aromatic N) is 1. The van der Waals surface area contributed by atoms with Gasteiger partial charge in [-0.3, -0.25) is 10.1 Å². The smallest absolute Gasteiger partial charge is 0.292 e. The van der Waals surface area contributed by atoms with Crippen LogP contribution in [0.5, 0.6) is 0 Å². The molecule has 0 saturated carbocycles. The molecule has 0 unspecified atom stereocenters. The fourth-order valence-electron chi connectivity index (χ4n) is 1.72. The molecule has 0 aliphatic carbocycles. The van der Waals surface area contributed by atoms with E-state index < -0.39 is 14.9 Å². The zero-order valence-corrected chi connectivity index (χ0v) is 11.7. The molecule has 1 aromatic carbocycles. The molecule has 0 amide bonds. The number of nitro groups is 1. The molecule has 0 atom stereocenters. The first kappa shape index (κ1) is 15.5. The number of sulfonamides is 1. The first-order valence-corrected chi connectivity index (χ1v) is 7.24. The molecule has 19 heavy (non-hydrogen) atoms. The van der Waals surface area contributed by atoms with Crippen molar-refractivity contribution < 1.29 is 13.3 Å². The Hall–Kier alpha value is -1.51. The second kappa shape index (κ2) is 6.09. The third kappa shape index (κ3) is 3.49. The third-order valence-corrected chi connectivity index (χ3v) is 4.29. The molecular formula is C11H17N3O4S. The minimum Gasteiger partial charge on any atom is -0.330 e. The van der Waals surface area contributed by atoms with Crippen molar-refractivity contribution in [1.82, 2.24) is 4.72 Å². The average Bonchev–Trinajstić information content (AvgIpc) is 2.31. The summed E-state index contributed by atoms with van der Waals surface area (Å²) >= 11 is 0. The molecule has 0 radical (unpaired) electrons. The normalized spacial score (nSPS) is 11.5. The van der Waals surface area contributed by atoms with Crippen LogP contribution in [0.4, 0.5) is 5.69 Å².